The largest absolute Gasteiger partial charge is 0.313 e. The zero-order valence-corrected chi connectivity index (χ0v) is 12.0. The first-order valence-electron chi connectivity index (χ1n) is 5.97. The van der Waals surface area contributed by atoms with Crippen molar-refractivity contribution in [3.63, 3.8) is 0 Å². The number of thiazole rings is 1. The molecule has 2 rings (SSSR count). The zero-order chi connectivity index (χ0) is 12.1. The molecule has 0 spiro atoms. The molecule has 17 heavy (non-hydrogen) atoms. The summed E-state index contributed by atoms with van der Waals surface area (Å²) in [5.41, 5.74) is 1.19. The van der Waals surface area contributed by atoms with Crippen molar-refractivity contribution in [1.29, 1.82) is 0 Å². The average molecular weight is 269 g/mol. The normalized spacial score (nSPS) is 13.3. The van der Waals surface area contributed by atoms with Crippen LogP contribution >= 0.6 is 23.1 Å². The highest BCUT2D eigenvalue weighted by Gasteiger charge is 2.11. The molecule has 1 unspecified atom stereocenters. The van der Waals surface area contributed by atoms with Crippen LogP contribution in [-0.2, 0) is 6.42 Å². The molecule has 0 bridgehead atoms. The summed E-state index contributed by atoms with van der Waals surface area (Å²) >= 11 is 3.59. The van der Waals surface area contributed by atoms with Gasteiger partial charge in [0.15, 0.2) is 4.96 Å². The van der Waals surface area contributed by atoms with Gasteiger partial charge in [-0.3, -0.25) is 4.40 Å². The first-order valence-corrected chi connectivity index (χ1v) is 8.24. The highest BCUT2D eigenvalue weighted by Crippen LogP contribution is 2.13. The summed E-state index contributed by atoms with van der Waals surface area (Å²) < 4.78 is 2.11. The maximum absolute atomic E-state index is 4.64. The topological polar surface area (TPSA) is 29.3 Å². The first kappa shape index (κ1) is 12.9. The van der Waals surface area contributed by atoms with E-state index in [0.29, 0.717) is 6.04 Å². The van der Waals surface area contributed by atoms with Crippen molar-refractivity contribution >= 4 is 28.1 Å². The number of nitrogens with zero attached hydrogens (tertiary/aromatic N) is 2. The SMILES string of the molecule is CCCNC(CSC)Cc1cn2ccsc2n1. The summed E-state index contributed by atoms with van der Waals surface area (Å²) in [6, 6.07) is 0.537. The Morgan fingerprint density at radius 2 is 2.47 bits per heavy atom. The molecule has 0 fully saturated rings. The fourth-order valence-corrected chi connectivity index (χ4v) is 3.22. The van der Waals surface area contributed by atoms with E-state index in [4.69, 9.17) is 0 Å². The molecule has 1 N–H and O–H groups in total. The molecule has 0 aliphatic rings. The molecule has 0 aliphatic heterocycles. The third kappa shape index (κ3) is 3.47. The van der Waals surface area contributed by atoms with Crippen LogP contribution in [0, 0.1) is 0 Å². The van der Waals surface area contributed by atoms with Crippen molar-refractivity contribution in [3.05, 3.63) is 23.5 Å². The summed E-state index contributed by atoms with van der Waals surface area (Å²) in [6.07, 6.45) is 8.58. The maximum Gasteiger partial charge on any atom is 0.193 e. The van der Waals surface area contributed by atoms with Gasteiger partial charge in [-0.05, 0) is 19.2 Å². The third-order valence-corrected chi connectivity index (χ3v) is 4.16. The van der Waals surface area contributed by atoms with Crippen LogP contribution in [0.5, 0.6) is 0 Å². The van der Waals surface area contributed by atoms with Crippen LogP contribution in [0.15, 0.2) is 17.8 Å². The van der Waals surface area contributed by atoms with Gasteiger partial charge in [-0.25, -0.2) is 4.98 Å². The van der Waals surface area contributed by atoms with Gasteiger partial charge in [0.2, 0.25) is 0 Å². The number of thioether (sulfide) groups is 1. The van der Waals surface area contributed by atoms with E-state index in [1.54, 1.807) is 11.3 Å². The van der Waals surface area contributed by atoms with Gasteiger partial charge in [0, 0.05) is 36.0 Å². The second-order valence-corrected chi connectivity index (χ2v) is 5.92. The Kier molecular flexibility index (Phi) is 4.88. The van der Waals surface area contributed by atoms with E-state index in [1.807, 2.05) is 11.8 Å². The Morgan fingerprint density at radius 1 is 1.59 bits per heavy atom. The Bertz CT molecular complexity index is 421. The van der Waals surface area contributed by atoms with E-state index >= 15 is 0 Å². The smallest absolute Gasteiger partial charge is 0.193 e. The van der Waals surface area contributed by atoms with Crippen LogP contribution in [0.1, 0.15) is 19.0 Å². The minimum Gasteiger partial charge on any atom is -0.313 e. The Labute approximate surface area is 111 Å². The average Bonchev–Trinajstić information content (AvgIpc) is 2.86. The molecule has 94 valence electrons. The van der Waals surface area contributed by atoms with E-state index < -0.39 is 0 Å². The number of hydrogen-bond donors (Lipinski definition) is 1. The van der Waals surface area contributed by atoms with Crippen LogP contribution in [0.25, 0.3) is 4.96 Å². The van der Waals surface area contributed by atoms with Crippen molar-refractivity contribution in [2.75, 3.05) is 18.6 Å². The van der Waals surface area contributed by atoms with Gasteiger partial charge in [0.1, 0.15) is 0 Å². The van der Waals surface area contributed by atoms with Crippen LogP contribution < -0.4 is 5.32 Å². The molecule has 3 nitrogen and oxygen atoms in total. The van der Waals surface area contributed by atoms with Gasteiger partial charge in [0.05, 0.1) is 5.69 Å². The van der Waals surface area contributed by atoms with E-state index in [-0.39, 0.29) is 0 Å². The van der Waals surface area contributed by atoms with Crippen molar-refractivity contribution in [3.8, 4) is 0 Å². The van der Waals surface area contributed by atoms with Crippen LogP contribution in [-0.4, -0.2) is 34.0 Å². The Hall–Kier alpha value is -0.520. The fourth-order valence-electron chi connectivity index (χ4n) is 1.87. The molecule has 5 heteroatoms. The van der Waals surface area contributed by atoms with Gasteiger partial charge in [-0.15, -0.1) is 11.3 Å². The summed E-state index contributed by atoms with van der Waals surface area (Å²) in [4.78, 5) is 5.73. The summed E-state index contributed by atoms with van der Waals surface area (Å²) in [5, 5.41) is 5.66. The van der Waals surface area contributed by atoms with Gasteiger partial charge >= 0.3 is 0 Å². The number of fused-ring (bicyclic) bond motifs is 1. The molecule has 0 radical (unpaired) electrons. The van der Waals surface area contributed by atoms with E-state index in [2.05, 4.69) is 45.7 Å². The highest BCUT2D eigenvalue weighted by molar-refractivity contribution is 7.98. The molecule has 0 amide bonds. The molecule has 2 heterocycles. The zero-order valence-electron chi connectivity index (χ0n) is 10.3. The Morgan fingerprint density at radius 3 is 3.18 bits per heavy atom. The standard InChI is InChI=1S/C12H19N3S2/c1-3-4-13-11(9-16-2)7-10-8-15-5-6-17-12(15)14-10/h5-6,8,11,13H,3-4,7,9H2,1-2H3. The molecule has 0 saturated carbocycles. The quantitative estimate of drug-likeness (QED) is 0.838. The lowest BCUT2D eigenvalue weighted by atomic mass is 10.2. The van der Waals surface area contributed by atoms with Crippen LogP contribution in [0.4, 0.5) is 0 Å². The summed E-state index contributed by atoms with van der Waals surface area (Å²) in [5.74, 6) is 1.14. The maximum atomic E-state index is 4.64. The predicted molar refractivity (Wildman–Crippen MR) is 77.2 cm³/mol. The van der Waals surface area contributed by atoms with Gasteiger partial charge in [0.25, 0.3) is 0 Å². The van der Waals surface area contributed by atoms with Gasteiger partial charge < -0.3 is 5.32 Å². The molecule has 0 aromatic carbocycles. The Balaban J connectivity index is 1.98. The second-order valence-electron chi connectivity index (χ2n) is 4.14. The number of imidazole rings is 1. The number of aromatic nitrogens is 2. The minimum absolute atomic E-state index is 0.537. The first-order chi connectivity index (χ1) is 8.33. The third-order valence-electron chi connectivity index (χ3n) is 2.65. The van der Waals surface area contributed by atoms with Gasteiger partial charge in [-0.2, -0.15) is 11.8 Å². The number of hydrogen-bond acceptors (Lipinski definition) is 4. The van der Waals surface area contributed by atoms with Crippen molar-refractivity contribution in [2.45, 2.75) is 25.8 Å². The molecule has 0 aliphatic carbocycles. The second kappa shape index (κ2) is 6.42. The van der Waals surface area contributed by atoms with Crippen LogP contribution in [0.2, 0.25) is 0 Å². The lowest BCUT2D eigenvalue weighted by Crippen LogP contribution is -2.34. The monoisotopic (exact) mass is 269 g/mol. The number of rotatable bonds is 7. The molecule has 0 saturated heterocycles. The lowest BCUT2D eigenvalue weighted by molar-refractivity contribution is 0.546. The minimum atomic E-state index is 0.537. The van der Waals surface area contributed by atoms with E-state index in [1.165, 1.54) is 12.1 Å². The number of nitrogens with one attached hydrogen (secondary N) is 1. The molecule has 2 aromatic rings. The van der Waals surface area contributed by atoms with E-state index in [0.717, 1.165) is 23.7 Å². The molecular weight excluding hydrogens is 250 g/mol. The lowest BCUT2D eigenvalue weighted by Gasteiger charge is -2.15. The predicted octanol–water partition coefficient (Wildman–Crippen LogP) is 2.67. The molecular formula is C12H19N3S2. The fraction of sp³-hybridized carbons (Fsp3) is 0.583. The van der Waals surface area contributed by atoms with E-state index in [9.17, 15) is 0 Å². The van der Waals surface area contributed by atoms with Gasteiger partial charge in [-0.1, -0.05) is 6.92 Å². The van der Waals surface area contributed by atoms with Crippen molar-refractivity contribution in [2.24, 2.45) is 0 Å². The molecule has 1 atom stereocenters. The molecule has 2 aromatic heterocycles. The summed E-state index contributed by atoms with van der Waals surface area (Å²) in [6.45, 7) is 3.29. The van der Waals surface area contributed by atoms with Crippen molar-refractivity contribution in [1.82, 2.24) is 14.7 Å². The van der Waals surface area contributed by atoms with Crippen molar-refractivity contribution < 1.29 is 0 Å². The summed E-state index contributed by atoms with van der Waals surface area (Å²) in [7, 11) is 0. The highest BCUT2D eigenvalue weighted by atomic mass is 32.2. The van der Waals surface area contributed by atoms with Crippen LogP contribution in [0.3, 0.4) is 0 Å².